The number of carbonyl (C=O) groups excluding carboxylic acids is 1. The fourth-order valence-electron chi connectivity index (χ4n) is 1.85. The molecule has 0 radical (unpaired) electrons. The highest BCUT2D eigenvalue weighted by Gasteiger charge is 2.10. The van der Waals surface area contributed by atoms with Crippen molar-refractivity contribution in [1.82, 2.24) is 4.90 Å². The van der Waals surface area contributed by atoms with E-state index in [0.29, 0.717) is 18.1 Å². The van der Waals surface area contributed by atoms with Crippen LogP contribution in [-0.4, -0.2) is 38.1 Å². The fraction of sp³-hybridized carbons (Fsp3) is 0.533. The number of rotatable bonds is 5. The van der Waals surface area contributed by atoms with E-state index >= 15 is 0 Å². The molecule has 3 heteroatoms. The zero-order valence-electron chi connectivity index (χ0n) is 12.0. The van der Waals surface area contributed by atoms with Crippen molar-refractivity contribution >= 4 is 5.97 Å². The van der Waals surface area contributed by atoms with Crippen LogP contribution in [0.3, 0.4) is 0 Å². The molecule has 100 valence electrons. The Balaban J connectivity index is 2.67. The van der Waals surface area contributed by atoms with Gasteiger partial charge in [0.15, 0.2) is 0 Å². The summed E-state index contributed by atoms with van der Waals surface area (Å²) in [6.45, 7) is 7.51. The lowest BCUT2D eigenvalue weighted by Crippen LogP contribution is -2.20. The van der Waals surface area contributed by atoms with Crippen LogP contribution in [0.25, 0.3) is 0 Å². The van der Waals surface area contributed by atoms with Gasteiger partial charge in [0, 0.05) is 6.54 Å². The Labute approximate surface area is 110 Å². The average molecular weight is 249 g/mol. The van der Waals surface area contributed by atoms with E-state index in [-0.39, 0.29) is 5.97 Å². The van der Waals surface area contributed by atoms with E-state index in [1.807, 2.05) is 44.1 Å². The Morgan fingerprint density at radius 2 is 2.00 bits per heavy atom. The quantitative estimate of drug-likeness (QED) is 0.752. The second kappa shape index (κ2) is 6.55. The van der Waals surface area contributed by atoms with Gasteiger partial charge < -0.3 is 9.64 Å². The van der Waals surface area contributed by atoms with E-state index in [2.05, 4.69) is 13.8 Å². The molecule has 0 bridgehead atoms. The molecule has 0 saturated heterocycles. The molecule has 18 heavy (non-hydrogen) atoms. The van der Waals surface area contributed by atoms with Gasteiger partial charge in [0.05, 0.1) is 5.56 Å². The zero-order chi connectivity index (χ0) is 13.7. The largest absolute Gasteiger partial charge is 0.461 e. The summed E-state index contributed by atoms with van der Waals surface area (Å²) >= 11 is 0. The van der Waals surface area contributed by atoms with Crippen molar-refractivity contribution in [3.05, 3.63) is 34.9 Å². The van der Waals surface area contributed by atoms with Crippen molar-refractivity contribution in [3.63, 3.8) is 0 Å². The van der Waals surface area contributed by atoms with E-state index in [0.717, 1.165) is 12.1 Å². The highest BCUT2D eigenvalue weighted by Crippen LogP contribution is 2.20. The van der Waals surface area contributed by atoms with Gasteiger partial charge in [-0.3, -0.25) is 0 Å². The molecule has 0 amide bonds. The Morgan fingerprint density at radius 1 is 1.33 bits per heavy atom. The van der Waals surface area contributed by atoms with Crippen LogP contribution < -0.4 is 0 Å². The summed E-state index contributed by atoms with van der Waals surface area (Å²) in [5.41, 5.74) is 3.06. The van der Waals surface area contributed by atoms with E-state index in [1.165, 1.54) is 5.56 Å². The van der Waals surface area contributed by atoms with Crippen LogP contribution in [0.4, 0.5) is 0 Å². The molecule has 1 aromatic rings. The Kier molecular flexibility index (Phi) is 5.35. The van der Waals surface area contributed by atoms with E-state index in [1.54, 1.807) is 0 Å². The predicted molar refractivity (Wildman–Crippen MR) is 74.1 cm³/mol. The van der Waals surface area contributed by atoms with Crippen molar-refractivity contribution in [2.24, 2.45) is 0 Å². The first-order valence-corrected chi connectivity index (χ1v) is 6.34. The molecule has 0 aromatic heterocycles. The van der Waals surface area contributed by atoms with Gasteiger partial charge in [0.2, 0.25) is 0 Å². The molecule has 0 N–H and O–H groups in total. The number of benzene rings is 1. The number of hydrogen-bond donors (Lipinski definition) is 0. The first-order valence-electron chi connectivity index (χ1n) is 6.34. The minimum absolute atomic E-state index is 0.241. The van der Waals surface area contributed by atoms with Crippen LogP contribution in [-0.2, 0) is 4.74 Å². The Hall–Kier alpha value is -1.35. The third-order valence-electron chi connectivity index (χ3n) is 2.90. The van der Waals surface area contributed by atoms with Crippen LogP contribution in [0.5, 0.6) is 0 Å². The predicted octanol–water partition coefficient (Wildman–Crippen LogP) is 2.84. The van der Waals surface area contributed by atoms with Gasteiger partial charge in [0.25, 0.3) is 0 Å². The van der Waals surface area contributed by atoms with Gasteiger partial charge in [-0.25, -0.2) is 4.79 Å². The SMILES string of the molecule is Cc1cc(C(=O)OCCN(C)C)ccc1C(C)C. The number of aryl methyl sites for hydroxylation is 1. The third-order valence-corrected chi connectivity index (χ3v) is 2.90. The van der Waals surface area contributed by atoms with Crippen molar-refractivity contribution < 1.29 is 9.53 Å². The first-order chi connectivity index (χ1) is 8.41. The second-order valence-electron chi connectivity index (χ2n) is 5.17. The molecule has 3 nitrogen and oxygen atoms in total. The van der Waals surface area contributed by atoms with Crippen LogP contribution in [0.1, 0.15) is 41.3 Å². The Bertz CT molecular complexity index is 411. The summed E-state index contributed by atoms with van der Waals surface area (Å²) < 4.78 is 5.21. The van der Waals surface area contributed by atoms with Crippen molar-refractivity contribution in [3.8, 4) is 0 Å². The second-order valence-corrected chi connectivity index (χ2v) is 5.17. The lowest BCUT2D eigenvalue weighted by atomic mass is 9.96. The molecule has 0 atom stereocenters. The van der Waals surface area contributed by atoms with Gasteiger partial charge >= 0.3 is 5.97 Å². The molecule has 0 unspecified atom stereocenters. The lowest BCUT2D eigenvalue weighted by molar-refractivity contribution is 0.0481. The lowest BCUT2D eigenvalue weighted by Gasteiger charge is -2.12. The minimum atomic E-state index is -0.241. The van der Waals surface area contributed by atoms with Crippen LogP contribution in [0.15, 0.2) is 18.2 Å². The smallest absolute Gasteiger partial charge is 0.338 e. The first kappa shape index (κ1) is 14.7. The highest BCUT2D eigenvalue weighted by molar-refractivity contribution is 5.89. The highest BCUT2D eigenvalue weighted by atomic mass is 16.5. The number of likely N-dealkylation sites (N-methyl/N-ethyl adjacent to an activating group) is 1. The maximum absolute atomic E-state index is 11.8. The van der Waals surface area contributed by atoms with Crippen molar-refractivity contribution in [2.45, 2.75) is 26.7 Å². The molecule has 0 aliphatic heterocycles. The number of nitrogens with zero attached hydrogens (tertiary/aromatic N) is 1. The van der Waals surface area contributed by atoms with Gasteiger partial charge in [-0.05, 0) is 50.2 Å². The monoisotopic (exact) mass is 249 g/mol. The van der Waals surface area contributed by atoms with Crippen LogP contribution in [0.2, 0.25) is 0 Å². The van der Waals surface area contributed by atoms with E-state index < -0.39 is 0 Å². The zero-order valence-corrected chi connectivity index (χ0v) is 12.0. The molecule has 0 aliphatic carbocycles. The Morgan fingerprint density at radius 3 is 2.50 bits per heavy atom. The number of hydrogen-bond acceptors (Lipinski definition) is 3. The van der Waals surface area contributed by atoms with E-state index in [4.69, 9.17) is 4.74 Å². The molecule has 1 aromatic carbocycles. The molecule has 0 aliphatic rings. The fourth-order valence-corrected chi connectivity index (χ4v) is 1.85. The standard InChI is InChI=1S/C15H23NO2/c1-11(2)14-7-6-13(10-12(14)3)15(17)18-9-8-16(4)5/h6-7,10-11H,8-9H2,1-5H3. The van der Waals surface area contributed by atoms with Crippen LogP contribution in [0, 0.1) is 6.92 Å². The normalized spacial score (nSPS) is 11.1. The van der Waals surface area contributed by atoms with Gasteiger partial charge in [-0.15, -0.1) is 0 Å². The summed E-state index contributed by atoms with van der Waals surface area (Å²) in [5, 5.41) is 0. The molecule has 1 rings (SSSR count). The maximum Gasteiger partial charge on any atom is 0.338 e. The average Bonchev–Trinajstić information content (AvgIpc) is 2.27. The summed E-state index contributed by atoms with van der Waals surface area (Å²) in [5.74, 6) is 0.235. The molecule has 0 fully saturated rings. The molecule has 0 heterocycles. The number of ether oxygens (including phenoxy) is 1. The molecule has 0 saturated carbocycles. The van der Waals surface area contributed by atoms with Gasteiger partial charge in [-0.1, -0.05) is 19.9 Å². The molecular weight excluding hydrogens is 226 g/mol. The topological polar surface area (TPSA) is 29.5 Å². The van der Waals surface area contributed by atoms with Crippen molar-refractivity contribution in [1.29, 1.82) is 0 Å². The summed E-state index contributed by atoms with van der Waals surface area (Å²) in [7, 11) is 3.91. The van der Waals surface area contributed by atoms with Crippen molar-refractivity contribution in [2.75, 3.05) is 27.2 Å². The minimum Gasteiger partial charge on any atom is -0.461 e. The third kappa shape index (κ3) is 4.15. The number of esters is 1. The summed E-state index contributed by atoms with van der Waals surface area (Å²) in [4.78, 5) is 13.8. The van der Waals surface area contributed by atoms with Gasteiger partial charge in [0.1, 0.15) is 6.61 Å². The van der Waals surface area contributed by atoms with Gasteiger partial charge in [-0.2, -0.15) is 0 Å². The summed E-state index contributed by atoms with van der Waals surface area (Å²) in [6, 6.07) is 5.77. The van der Waals surface area contributed by atoms with Crippen LogP contribution >= 0.6 is 0 Å². The van der Waals surface area contributed by atoms with E-state index in [9.17, 15) is 4.79 Å². The molecular formula is C15H23NO2. The maximum atomic E-state index is 11.8. The molecule has 0 spiro atoms. The number of carbonyl (C=O) groups is 1. The summed E-state index contributed by atoms with van der Waals surface area (Å²) in [6.07, 6.45) is 0.